The quantitative estimate of drug-likeness (QED) is 0.533. The van der Waals surface area contributed by atoms with Crippen LogP contribution in [0.2, 0.25) is 0 Å². The Morgan fingerprint density at radius 2 is 1.63 bits per heavy atom. The van der Waals surface area contributed by atoms with Crippen molar-refractivity contribution in [3.05, 3.63) is 102 Å². The van der Waals surface area contributed by atoms with Gasteiger partial charge in [-0.2, -0.15) is 0 Å². The van der Waals surface area contributed by atoms with Crippen molar-refractivity contribution in [3.8, 4) is 28.1 Å². The van der Waals surface area contributed by atoms with Crippen LogP contribution in [0.1, 0.15) is 0 Å². The molecule has 0 saturated heterocycles. The van der Waals surface area contributed by atoms with Gasteiger partial charge in [0.2, 0.25) is 10.0 Å². The van der Waals surface area contributed by atoms with Gasteiger partial charge in [-0.15, -0.1) is 0 Å². The zero-order valence-corrected chi connectivity index (χ0v) is 17.0. The maximum atomic E-state index is 13.4. The van der Waals surface area contributed by atoms with E-state index in [1.165, 1.54) is 0 Å². The number of sulfonamides is 1. The number of benzene rings is 2. The second kappa shape index (κ2) is 7.96. The average Bonchev–Trinajstić information content (AvgIpc) is 2.74. The van der Waals surface area contributed by atoms with Gasteiger partial charge in [-0.25, -0.2) is 8.42 Å². The monoisotopic (exact) mass is 417 g/mol. The van der Waals surface area contributed by atoms with Crippen molar-refractivity contribution in [2.45, 2.75) is 0 Å². The molecule has 0 fully saturated rings. The maximum Gasteiger partial charge on any atom is 0.262 e. The lowest BCUT2D eigenvalue weighted by atomic mass is 10.0. The van der Waals surface area contributed by atoms with E-state index in [0.29, 0.717) is 16.8 Å². The summed E-state index contributed by atoms with van der Waals surface area (Å²) in [6, 6.07) is 23.5. The molecule has 1 N–H and O–H groups in total. The second-order valence-corrected chi connectivity index (χ2v) is 8.57. The van der Waals surface area contributed by atoms with Crippen LogP contribution in [-0.4, -0.2) is 24.2 Å². The lowest BCUT2D eigenvalue weighted by Crippen LogP contribution is -2.20. The van der Waals surface area contributed by atoms with Gasteiger partial charge in [0, 0.05) is 34.9 Å². The lowest BCUT2D eigenvalue weighted by Gasteiger charge is -2.13. The van der Waals surface area contributed by atoms with Crippen LogP contribution in [0.3, 0.4) is 0 Å². The molecule has 150 valence electrons. The highest BCUT2D eigenvalue weighted by atomic mass is 32.2. The van der Waals surface area contributed by atoms with Crippen LogP contribution in [0.4, 0.5) is 5.69 Å². The highest BCUT2D eigenvalue weighted by Gasteiger charge is 2.13. The normalized spacial score (nSPS) is 11.2. The Hall–Kier alpha value is -3.71. The summed E-state index contributed by atoms with van der Waals surface area (Å²) in [4.78, 5) is 17.8. The molecule has 30 heavy (non-hydrogen) atoms. The number of nitrogens with one attached hydrogen (secondary N) is 1. The molecule has 0 aliphatic heterocycles. The SMILES string of the molecule is CS(=O)(=O)Nc1cccc(-c2cc(-c3ccccn3)cn(-c3ccccc3)c2=O)c1. The van der Waals surface area contributed by atoms with Crippen molar-refractivity contribution in [2.75, 3.05) is 11.0 Å². The van der Waals surface area contributed by atoms with Gasteiger partial charge in [0.1, 0.15) is 0 Å². The molecule has 4 aromatic rings. The Kier molecular flexibility index (Phi) is 5.20. The molecule has 0 unspecified atom stereocenters. The highest BCUT2D eigenvalue weighted by Crippen LogP contribution is 2.26. The minimum absolute atomic E-state index is 0.211. The van der Waals surface area contributed by atoms with Crippen molar-refractivity contribution >= 4 is 15.7 Å². The molecule has 0 atom stereocenters. The number of anilines is 1. The third-order valence-corrected chi connectivity index (χ3v) is 5.10. The fourth-order valence-corrected chi connectivity index (χ4v) is 3.76. The molecule has 0 amide bonds. The van der Waals surface area contributed by atoms with E-state index in [2.05, 4.69) is 9.71 Å². The fourth-order valence-electron chi connectivity index (χ4n) is 3.21. The minimum Gasteiger partial charge on any atom is -0.284 e. The molecule has 4 rings (SSSR count). The van der Waals surface area contributed by atoms with E-state index < -0.39 is 10.0 Å². The first kappa shape index (κ1) is 19.6. The van der Waals surface area contributed by atoms with Crippen LogP contribution in [-0.2, 0) is 10.0 Å². The molecule has 0 spiro atoms. The number of nitrogens with zero attached hydrogens (tertiary/aromatic N) is 2. The van der Waals surface area contributed by atoms with Crippen LogP contribution in [0, 0.1) is 0 Å². The summed E-state index contributed by atoms with van der Waals surface area (Å²) >= 11 is 0. The summed E-state index contributed by atoms with van der Waals surface area (Å²) in [7, 11) is -3.43. The van der Waals surface area contributed by atoms with E-state index >= 15 is 0 Å². The smallest absolute Gasteiger partial charge is 0.262 e. The van der Waals surface area contributed by atoms with Crippen molar-refractivity contribution in [1.82, 2.24) is 9.55 Å². The summed E-state index contributed by atoms with van der Waals surface area (Å²) in [5, 5.41) is 0. The van der Waals surface area contributed by atoms with Gasteiger partial charge in [0.15, 0.2) is 0 Å². The zero-order valence-electron chi connectivity index (χ0n) is 16.2. The predicted octanol–water partition coefficient (Wildman–Crippen LogP) is 3.94. The number of rotatable bonds is 5. The van der Waals surface area contributed by atoms with Gasteiger partial charge >= 0.3 is 0 Å². The third-order valence-electron chi connectivity index (χ3n) is 4.49. The third kappa shape index (κ3) is 4.31. The van der Waals surface area contributed by atoms with Crippen molar-refractivity contribution in [1.29, 1.82) is 0 Å². The van der Waals surface area contributed by atoms with Gasteiger partial charge in [-0.05, 0) is 48.0 Å². The summed E-state index contributed by atoms with van der Waals surface area (Å²) in [6.45, 7) is 0. The molecule has 0 bridgehead atoms. The second-order valence-electron chi connectivity index (χ2n) is 6.82. The topological polar surface area (TPSA) is 81.1 Å². The summed E-state index contributed by atoms with van der Waals surface area (Å²) in [6.07, 6.45) is 4.55. The molecule has 2 heterocycles. The van der Waals surface area contributed by atoms with Crippen molar-refractivity contribution in [3.63, 3.8) is 0 Å². The van der Waals surface area contributed by atoms with E-state index in [4.69, 9.17) is 0 Å². The molecular formula is C23H19N3O3S. The van der Waals surface area contributed by atoms with Crippen LogP contribution < -0.4 is 10.3 Å². The Bertz CT molecular complexity index is 1350. The fraction of sp³-hybridized carbons (Fsp3) is 0.0435. The Morgan fingerprint density at radius 3 is 2.33 bits per heavy atom. The summed E-state index contributed by atoms with van der Waals surface area (Å²) in [5.74, 6) is 0. The summed E-state index contributed by atoms with van der Waals surface area (Å²) < 4.78 is 27.3. The van der Waals surface area contributed by atoms with E-state index in [1.807, 2.05) is 48.5 Å². The van der Waals surface area contributed by atoms with Gasteiger partial charge in [0.25, 0.3) is 5.56 Å². The molecule has 6 nitrogen and oxygen atoms in total. The Balaban J connectivity index is 1.94. The van der Waals surface area contributed by atoms with E-state index in [-0.39, 0.29) is 5.56 Å². The molecule has 2 aromatic heterocycles. The molecule has 0 saturated carbocycles. The molecule has 0 radical (unpaired) electrons. The first-order valence-corrected chi connectivity index (χ1v) is 11.1. The number of hydrogen-bond acceptors (Lipinski definition) is 4. The van der Waals surface area contributed by atoms with Gasteiger partial charge in [-0.3, -0.25) is 19.1 Å². The summed E-state index contributed by atoms with van der Waals surface area (Å²) in [5.41, 5.74) is 3.47. The molecule has 7 heteroatoms. The van der Waals surface area contributed by atoms with Gasteiger partial charge in [0.05, 0.1) is 11.9 Å². The number of pyridine rings is 2. The first-order valence-electron chi connectivity index (χ1n) is 9.22. The van der Waals surface area contributed by atoms with Crippen LogP contribution in [0.15, 0.2) is 96.1 Å². The van der Waals surface area contributed by atoms with Crippen molar-refractivity contribution in [2.24, 2.45) is 0 Å². The molecular weight excluding hydrogens is 398 g/mol. The first-order chi connectivity index (χ1) is 14.4. The largest absolute Gasteiger partial charge is 0.284 e. The maximum absolute atomic E-state index is 13.4. The standard InChI is InChI=1S/C23H19N3O3S/c1-30(28,29)25-19-9-7-8-17(14-19)21-15-18(22-12-5-6-13-24-22)16-26(23(21)27)20-10-3-2-4-11-20/h2-16,25H,1H3. The van der Waals surface area contributed by atoms with Crippen molar-refractivity contribution < 1.29 is 8.42 Å². The van der Waals surface area contributed by atoms with E-state index in [9.17, 15) is 13.2 Å². The number of hydrogen-bond donors (Lipinski definition) is 1. The van der Waals surface area contributed by atoms with Crippen LogP contribution in [0.5, 0.6) is 0 Å². The van der Waals surface area contributed by atoms with E-state index in [1.54, 1.807) is 47.3 Å². The highest BCUT2D eigenvalue weighted by molar-refractivity contribution is 7.92. The number of aromatic nitrogens is 2. The Morgan fingerprint density at radius 1 is 0.867 bits per heavy atom. The predicted molar refractivity (Wildman–Crippen MR) is 119 cm³/mol. The van der Waals surface area contributed by atoms with Crippen LogP contribution >= 0.6 is 0 Å². The average molecular weight is 417 g/mol. The van der Waals surface area contributed by atoms with Gasteiger partial charge in [-0.1, -0.05) is 36.4 Å². The Labute approximate surface area is 174 Å². The lowest BCUT2D eigenvalue weighted by molar-refractivity contribution is 0.607. The molecule has 2 aromatic carbocycles. The minimum atomic E-state index is -3.43. The van der Waals surface area contributed by atoms with Gasteiger partial charge < -0.3 is 0 Å². The van der Waals surface area contributed by atoms with Crippen LogP contribution in [0.25, 0.3) is 28.1 Å². The molecule has 0 aliphatic carbocycles. The zero-order chi connectivity index (χ0) is 21.1. The molecule has 0 aliphatic rings. The number of para-hydroxylation sites is 1. The van der Waals surface area contributed by atoms with E-state index in [0.717, 1.165) is 23.2 Å².